The zero-order valence-electron chi connectivity index (χ0n) is 14.2. The maximum absolute atomic E-state index is 12.5. The fourth-order valence-electron chi connectivity index (χ4n) is 2.64. The lowest BCUT2D eigenvalue weighted by Crippen LogP contribution is -2.28. The summed E-state index contributed by atoms with van der Waals surface area (Å²) < 4.78 is 6.11. The minimum atomic E-state index is -0.475. The van der Waals surface area contributed by atoms with E-state index in [0.29, 0.717) is 21.6 Å². The standard InChI is InChI=1S/C16H17ClN4O3S2/c1-3-25-16-20-19-15(26-16)18-14(23)9-6-13(22)21(8-9)11-7-10(17)4-5-12(11)24-2/h4-5,7,9H,3,6,8H2,1-2H3,(H,18,19,23)/t9-/m1/s1. The van der Waals surface area contributed by atoms with Crippen LogP contribution in [0, 0.1) is 5.92 Å². The predicted molar refractivity (Wildman–Crippen MR) is 103 cm³/mol. The lowest BCUT2D eigenvalue weighted by Gasteiger charge is -2.19. The second-order valence-corrected chi connectivity index (χ2v) is 8.44. The molecule has 1 aliphatic heterocycles. The average Bonchev–Trinajstić information content (AvgIpc) is 3.21. The van der Waals surface area contributed by atoms with Crippen molar-refractivity contribution in [2.45, 2.75) is 17.7 Å². The van der Waals surface area contributed by atoms with Crippen molar-refractivity contribution in [3.63, 3.8) is 0 Å². The molecule has 1 fully saturated rings. The van der Waals surface area contributed by atoms with Gasteiger partial charge in [0.25, 0.3) is 0 Å². The van der Waals surface area contributed by atoms with Crippen molar-refractivity contribution >= 4 is 57.3 Å². The minimum Gasteiger partial charge on any atom is -0.495 e. The molecule has 138 valence electrons. The molecule has 2 heterocycles. The molecule has 1 atom stereocenters. The monoisotopic (exact) mass is 412 g/mol. The molecule has 1 aromatic carbocycles. The molecular weight excluding hydrogens is 396 g/mol. The van der Waals surface area contributed by atoms with Crippen molar-refractivity contribution in [2.24, 2.45) is 5.92 Å². The van der Waals surface area contributed by atoms with Gasteiger partial charge < -0.3 is 15.0 Å². The third kappa shape index (κ3) is 4.11. The Labute approximate surface area is 164 Å². The SMILES string of the molecule is CCSc1nnc(NC(=O)[C@@H]2CC(=O)N(c3cc(Cl)ccc3OC)C2)s1. The van der Waals surface area contributed by atoms with Crippen LogP contribution in [0.25, 0.3) is 0 Å². The number of benzene rings is 1. The lowest BCUT2D eigenvalue weighted by atomic mass is 10.1. The first-order chi connectivity index (χ1) is 12.5. The zero-order chi connectivity index (χ0) is 18.7. The number of carbonyl (C=O) groups excluding carboxylic acids is 2. The number of amides is 2. The van der Waals surface area contributed by atoms with Crippen LogP contribution >= 0.6 is 34.7 Å². The largest absolute Gasteiger partial charge is 0.495 e. The van der Waals surface area contributed by atoms with Gasteiger partial charge in [-0.1, -0.05) is 41.6 Å². The first kappa shape index (κ1) is 18.9. The van der Waals surface area contributed by atoms with Crippen LogP contribution in [0.3, 0.4) is 0 Å². The topological polar surface area (TPSA) is 84.4 Å². The molecule has 7 nitrogen and oxygen atoms in total. The number of nitrogens with one attached hydrogen (secondary N) is 1. The average molecular weight is 413 g/mol. The van der Waals surface area contributed by atoms with E-state index in [1.54, 1.807) is 30.0 Å². The van der Waals surface area contributed by atoms with Crippen LogP contribution in [-0.2, 0) is 9.59 Å². The van der Waals surface area contributed by atoms with Crippen LogP contribution in [0.1, 0.15) is 13.3 Å². The van der Waals surface area contributed by atoms with Gasteiger partial charge in [-0.25, -0.2) is 0 Å². The first-order valence-corrected chi connectivity index (χ1v) is 10.1. The van der Waals surface area contributed by atoms with Gasteiger partial charge >= 0.3 is 0 Å². The molecule has 1 aliphatic rings. The van der Waals surface area contributed by atoms with E-state index in [9.17, 15) is 9.59 Å². The van der Waals surface area contributed by atoms with E-state index in [2.05, 4.69) is 15.5 Å². The van der Waals surface area contributed by atoms with E-state index in [0.717, 1.165) is 10.1 Å². The minimum absolute atomic E-state index is 0.122. The van der Waals surface area contributed by atoms with Crippen LogP contribution in [0.15, 0.2) is 22.5 Å². The predicted octanol–water partition coefficient (Wildman–Crippen LogP) is 3.30. The Morgan fingerprint density at radius 1 is 1.50 bits per heavy atom. The summed E-state index contributed by atoms with van der Waals surface area (Å²) in [6.45, 7) is 2.28. The Morgan fingerprint density at radius 2 is 2.31 bits per heavy atom. The van der Waals surface area contributed by atoms with E-state index in [1.165, 1.54) is 23.3 Å². The summed E-state index contributed by atoms with van der Waals surface area (Å²) in [7, 11) is 1.53. The van der Waals surface area contributed by atoms with Gasteiger partial charge in [-0.3, -0.25) is 9.59 Å². The summed E-state index contributed by atoms with van der Waals surface area (Å²) in [5, 5.41) is 11.7. The summed E-state index contributed by atoms with van der Waals surface area (Å²) in [6, 6.07) is 5.06. The number of nitrogens with zero attached hydrogens (tertiary/aromatic N) is 3. The molecule has 0 saturated carbocycles. The summed E-state index contributed by atoms with van der Waals surface area (Å²) in [5.74, 6) is 0.554. The van der Waals surface area contributed by atoms with Crippen LogP contribution < -0.4 is 15.0 Å². The molecule has 3 rings (SSSR count). The van der Waals surface area contributed by atoms with E-state index in [4.69, 9.17) is 16.3 Å². The van der Waals surface area contributed by atoms with Crippen molar-refractivity contribution in [1.82, 2.24) is 10.2 Å². The highest BCUT2D eigenvalue weighted by molar-refractivity contribution is 8.01. The zero-order valence-corrected chi connectivity index (χ0v) is 16.6. The number of carbonyl (C=O) groups is 2. The number of ether oxygens (including phenoxy) is 1. The van der Waals surface area contributed by atoms with E-state index < -0.39 is 5.92 Å². The summed E-state index contributed by atoms with van der Waals surface area (Å²) in [4.78, 5) is 26.5. The number of aromatic nitrogens is 2. The second-order valence-electron chi connectivity index (χ2n) is 5.52. The first-order valence-electron chi connectivity index (χ1n) is 7.93. The molecule has 0 aliphatic carbocycles. The fourth-order valence-corrected chi connectivity index (χ4v) is 4.46. The van der Waals surface area contributed by atoms with Gasteiger partial charge in [0.05, 0.1) is 18.7 Å². The van der Waals surface area contributed by atoms with Crippen molar-refractivity contribution in [3.05, 3.63) is 23.2 Å². The van der Waals surface area contributed by atoms with Crippen LogP contribution in [0.4, 0.5) is 10.8 Å². The van der Waals surface area contributed by atoms with Gasteiger partial charge in [-0.2, -0.15) is 0 Å². The highest BCUT2D eigenvalue weighted by Crippen LogP contribution is 2.35. The maximum atomic E-state index is 12.5. The van der Waals surface area contributed by atoms with E-state index in [-0.39, 0.29) is 24.8 Å². The fraction of sp³-hybridized carbons (Fsp3) is 0.375. The smallest absolute Gasteiger partial charge is 0.231 e. The maximum Gasteiger partial charge on any atom is 0.231 e. The summed E-state index contributed by atoms with van der Waals surface area (Å²) >= 11 is 8.93. The van der Waals surface area contributed by atoms with Gasteiger partial charge in [0, 0.05) is 18.0 Å². The van der Waals surface area contributed by atoms with Crippen molar-refractivity contribution in [3.8, 4) is 5.75 Å². The van der Waals surface area contributed by atoms with Crippen molar-refractivity contribution in [2.75, 3.05) is 29.6 Å². The summed E-state index contributed by atoms with van der Waals surface area (Å²) in [6.07, 6.45) is 0.122. The van der Waals surface area contributed by atoms with Crippen LogP contribution in [0.5, 0.6) is 5.75 Å². The van der Waals surface area contributed by atoms with E-state index in [1.807, 2.05) is 6.92 Å². The number of hydrogen-bond donors (Lipinski definition) is 1. The Bertz CT molecular complexity index is 830. The number of thioether (sulfide) groups is 1. The highest BCUT2D eigenvalue weighted by atomic mass is 35.5. The number of hydrogen-bond acceptors (Lipinski definition) is 7. The van der Waals surface area contributed by atoms with Crippen LogP contribution in [-0.4, -0.2) is 41.4 Å². The third-order valence-electron chi connectivity index (χ3n) is 3.83. The van der Waals surface area contributed by atoms with Gasteiger partial charge in [-0.05, 0) is 24.0 Å². The molecule has 0 spiro atoms. The highest BCUT2D eigenvalue weighted by Gasteiger charge is 2.36. The summed E-state index contributed by atoms with van der Waals surface area (Å²) in [5.41, 5.74) is 0.567. The molecule has 0 radical (unpaired) electrons. The Kier molecular flexibility index (Phi) is 6.00. The second kappa shape index (κ2) is 8.24. The van der Waals surface area contributed by atoms with Crippen molar-refractivity contribution < 1.29 is 14.3 Å². The quantitative estimate of drug-likeness (QED) is 0.578. The van der Waals surface area contributed by atoms with Gasteiger partial charge in [0.15, 0.2) is 4.34 Å². The third-order valence-corrected chi connectivity index (χ3v) is 5.92. The molecule has 1 aromatic heterocycles. The Balaban J connectivity index is 1.71. The number of anilines is 2. The van der Waals surface area contributed by atoms with Gasteiger partial charge in [0.2, 0.25) is 16.9 Å². The Hall–Kier alpha value is -1.84. The molecule has 1 N–H and O–H groups in total. The molecule has 2 aromatic rings. The molecule has 0 bridgehead atoms. The molecule has 26 heavy (non-hydrogen) atoms. The van der Waals surface area contributed by atoms with Crippen LogP contribution in [0.2, 0.25) is 5.02 Å². The molecule has 0 unspecified atom stereocenters. The number of methoxy groups -OCH3 is 1. The molecule has 10 heteroatoms. The number of rotatable bonds is 6. The normalized spacial score (nSPS) is 16.8. The molecule has 2 amide bonds. The van der Waals surface area contributed by atoms with E-state index >= 15 is 0 Å². The molecular formula is C16H17ClN4O3S2. The molecule has 1 saturated heterocycles. The van der Waals surface area contributed by atoms with Crippen molar-refractivity contribution in [1.29, 1.82) is 0 Å². The van der Waals surface area contributed by atoms with Gasteiger partial charge in [-0.15, -0.1) is 10.2 Å². The number of halogens is 1. The Morgan fingerprint density at radius 3 is 3.04 bits per heavy atom. The van der Waals surface area contributed by atoms with Gasteiger partial charge in [0.1, 0.15) is 5.75 Å². The lowest BCUT2D eigenvalue weighted by molar-refractivity contribution is -0.122.